The van der Waals surface area contributed by atoms with Gasteiger partial charge in [0.1, 0.15) is 11.6 Å². The summed E-state index contributed by atoms with van der Waals surface area (Å²) in [6.07, 6.45) is -3.16. The van der Waals surface area contributed by atoms with Crippen LogP contribution in [0.3, 0.4) is 0 Å². The van der Waals surface area contributed by atoms with E-state index in [1.54, 1.807) is 30.5 Å². The Labute approximate surface area is 209 Å². The number of carbonyl (C=O) groups is 1. The Hall–Kier alpha value is -3.83. The molecule has 1 aliphatic rings. The van der Waals surface area contributed by atoms with Gasteiger partial charge in [0.05, 0.1) is 53.8 Å². The molecule has 0 spiro atoms. The molecule has 0 atom stereocenters. The van der Waals surface area contributed by atoms with Crippen LogP contribution in [0.25, 0.3) is 22.4 Å². The van der Waals surface area contributed by atoms with E-state index in [-0.39, 0.29) is 18.2 Å². The van der Waals surface area contributed by atoms with E-state index < -0.39 is 23.1 Å². The second-order valence-corrected chi connectivity index (χ2v) is 8.74. The molecule has 3 heterocycles. The first kappa shape index (κ1) is 24.8. The van der Waals surface area contributed by atoms with Crippen molar-refractivity contribution in [1.82, 2.24) is 19.9 Å². The molecule has 0 unspecified atom stereocenters. The third-order valence-corrected chi connectivity index (χ3v) is 6.09. The van der Waals surface area contributed by atoms with Crippen LogP contribution in [0.15, 0.2) is 54.7 Å². The number of carbonyl (C=O) groups excluding carboxylic acids is 1. The lowest BCUT2D eigenvalue weighted by Gasteiger charge is -2.26. The SMILES string of the molecule is O=C(Cc1cccc2[nH]c(-c3cc(F)ccc3C(F)(F)F)nc12)Nc1ccc(CN2CCOCC2)nc1. The summed E-state index contributed by atoms with van der Waals surface area (Å²) in [6, 6.07) is 10.8. The number of ether oxygens (including phenoxy) is 1. The summed E-state index contributed by atoms with van der Waals surface area (Å²) in [6.45, 7) is 3.78. The van der Waals surface area contributed by atoms with Crippen molar-refractivity contribution in [1.29, 1.82) is 0 Å². The molecular formula is C26H23F4N5O2. The minimum absolute atomic E-state index is 0.0631. The number of rotatable bonds is 6. The maximum Gasteiger partial charge on any atom is 0.417 e. The number of aromatic amines is 1. The van der Waals surface area contributed by atoms with E-state index in [0.717, 1.165) is 30.9 Å². The monoisotopic (exact) mass is 513 g/mol. The molecule has 2 aromatic carbocycles. The summed E-state index contributed by atoms with van der Waals surface area (Å²) in [5.74, 6) is -1.27. The van der Waals surface area contributed by atoms with Gasteiger partial charge < -0.3 is 15.0 Å². The average molecular weight is 513 g/mol. The van der Waals surface area contributed by atoms with Gasteiger partial charge in [-0.1, -0.05) is 12.1 Å². The van der Waals surface area contributed by atoms with Crippen molar-refractivity contribution >= 4 is 22.6 Å². The van der Waals surface area contributed by atoms with Crippen molar-refractivity contribution in [3.05, 3.63) is 77.4 Å². The number of aromatic nitrogens is 3. The zero-order chi connectivity index (χ0) is 26.0. The second-order valence-electron chi connectivity index (χ2n) is 8.74. The van der Waals surface area contributed by atoms with Crippen LogP contribution in [0.1, 0.15) is 16.8 Å². The highest BCUT2D eigenvalue weighted by molar-refractivity contribution is 5.95. The Morgan fingerprint density at radius 1 is 1.11 bits per heavy atom. The van der Waals surface area contributed by atoms with Gasteiger partial charge >= 0.3 is 6.18 Å². The summed E-state index contributed by atoms with van der Waals surface area (Å²) in [5.41, 5.74) is 1.29. The summed E-state index contributed by atoms with van der Waals surface area (Å²) in [5, 5.41) is 2.79. The number of nitrogens with one attached hydrogen (secondary N) is 2. The summed E-state index contributed by atoms with van der Waals surface area (Å²) >= 11 is 0. The van der Waals surface area contributed by atoms with E-state index in [1.807, 2.05) is 6.07 Å². The number of hydrogen-bond donors (Lipinski definition) is 2. The number of pyridine rings is 1. The van der Waals surface area contributed by atoms with Gasteiger partial charge in [0, 0.05) is 25.2 Å². The maximum atomic E-state index is 13.8. The fraction of sp³-hybridized carbons (Fsp3) is 0.269. The van der Waals surface area contributed by atoms with Crippen LogP contribution in [0.2, 0.25) is 0 Å². The Morgan fingerprint density at radius 3 is 2.65 bits per heavy atom. The average Bonchev–Trinajstić information content (AvgIpc) is 3.31. The van der Waals surface area contributed by atoms with Crippen LogP contribution in [0, 0.1) is 5.82 Å². The number of amides is 1. The van der Waals surface area contributed by atoms with Crippen LogP contribution in [0.5, 0.6) is 0 Å². The van der Waals surface area contributed by atoms with E-state index >= 15 is 0 Å². The van der Waals surface area contributed by atoms with Gasteiger partial charge in [0.2, 0.25) is 5.91 Å². The molecule has 0 aliphatic carbocycles. The van der Waals surface area contributed by atoms with Crippen molar-refractivity contribution in [2.24, 2.45) is 0 Å². The standard InChI is InChI=1S/C26H23F4N5O2/c27-17-4-7-21(26(28,29)30)20(13-17)25-33-22-3-1-2-16(24(22)34-25)12-23(36)32-18-5-6-19(31-14-18)15-35-8-10-37-11-9-35/h1-7,13-14H,8-12,15H2,(H,32,36)(H,33,34). The van der Waals surface area contributed by atoms with Gasteiger partial charge in [-0.05, 0) is 42.0 Å². The maximum absolute atomic E-state index is 13.8. The largest absolute Gasteiger partial charge is 0.417 e. The number of H-pyrrole nitrogens is 1. The molecule has 1 amide bonds. The number of para-hydroxylation sites is 1. The predicted molar refractivity (Wildman–Crippen MR) is 129 cm³/mol. The van der Waals surface area contributed by atoms with E-state index in [1.165, 1.54) is 0 Å². The van der Waals surface area contributed by atoms with E-state index in [0.29, 0.717) is 48.1 Å². The van der Waals surface area contributed by atoms with Crippen molar-refractivity contribution < 1.29 is 27.1 Å². The molecule has 192 valence electrons. The van der Waals surface area contributed by atoms with Gasteiger partial charge in [-0.25, -0.2) is 9.37 Å². The van der Waals surface area contributed by atoms with Crippen molar-refractivity contribution in [3.8, 4) is 11.4 Å². The van der Waals surface area contributed by atoms with Crippen LogP contribution in [-0.4, -0.2) is 52.1 Å². The first-order chi connectivity index (χ1) is 17.8. The molecule has 0 radical (unpaired) electrons. The summed E-state index contributed by atoms with van der Waals surface area (Å²) in [4.78, 5) is 26.5. The Kier molecular flexibility index (Phi) is 6.90. The van der Waals surface area contributed by atoms with Crippen molar-refractivity contribution in [2.45, 2.75) is 19.1 Å². The highest BCUT2D eigenvalue weighted by atomic mass is 19.4. The van der Waals surface area contributed by atoms with Crippen LogP contribution in [-0.2, 0) is 28.7 Å². The molecule has 11 heteroatoms. The molecule has 2 N–H and O–H groups in total. The quantitative estimate of drug-likeness (QED) is 0.362. The summed E-state index contributed by atoms with van der Waals surface area (Å²) in [7, 11) is 0. The normalized spacial score (nSPS) is 14.7. The molecule has 0 saturated carbocycles. The topological polar surface area (TPSA) is 83.1 Å². The Bertz CT molecular complexity index is 1410. The fourth-order valence-electron chi connectivity index (χ4n) is 4.28. The van der Waals surface area contributed by atoms with Crippen LogP contribution >= 0.6 is 0 Å². The Morgan fingerprint density at radius 2 is 1.92 bits per heavy atom. The lowest BCUT2D eigenvalue weighted by Crippen LogP contribution is -2.35. The zero-order valence-electron chi connectivity index (χ0n) is 19.6. The molecule has 4 aromatic rings. The van der Waals surface area contributed by atoms with Crippen LogP contribution in [0.4, 0.5) is 23.2 Å². The number of halogens is 4. The number of anilines is 1. The third kappa shape index (κ3) is 5.78. The van der Waals surface area contributed by atoms with Gasteiger partial charge in [-0.2, -0.15) is 13.2 Å². The van der Waals surface area contributed by atoms with Gasteiger partial charge in [-0.3, -0.25) is 14.7 Å². The van der Waals surface area contributed by atoms with E-state index in [9.17, 15) is 22.4 Å². The van der Waals surface area contributed by atoms with Gasteiger partial charge in [0.15, 0.2) is 0 Å². The van der Waals surface area contributed by atoms with Gasteiger partial charge in [0.25, 0.3) is 0 Å². The highest BCUT2D eigenvalue weighted by Gasteiger charge is 2.34. The number of nitrogens with zero attached hydrogens (tertiary/aromatic N) is 3. The minimum atomic E-state index is -4.68. The number of alkyl halides is 3. The molecule has 1 aliphatic heterocycles. The summed E-state index contributed by atoms with van der Waals surface area (Å²) < 4.78 is 59.6. The van der Waals surface area contributed by atoms with E-state index in [4.69, 9.17) is 4.74 Å². The molecule has 5 rings (SSSR count). The predicted octanol–water partition coefficient (Wildman–Crippen LogP) is 4.80. The molecule has 2 aromatic heterocycles. The molecular weight excluding hydrogens is 490 g/mol. The van der Waals surface area contributed by atoms with Gasteiger partial charge in [-0.15, -0.1) is 0 Å². The first-order valence-electron chi connectivity index (χ1n) is 11.7. The van der Waals surface area contributed by atoms with Crippen molar-refractivity contribution in [3.63, 3.8) is 0 Å². The number of hydrogen-bond acceptors (Lipinski definition) is 5. The molecule has 1 saturated heterocycles. The highest BCUT2D eigenvalue weighted by Crippen LogP contribution is 2.37. The lowest BCUT2D eigenvalue weighted by atomic mass is 10.1. The van der Waals surface area contributed by atoms with Crippen molar-refractivity contribution in [2.75, 3.05) is 31.6 Å². The zero-order valence-corrected chi connectivity index (χ0v) is 19.6. The van der Waals surface area contributed by atoms with E-state index in [2.05, 4.69) is 25.2 Å². The molecule has 7 nitrogen and oxygen atoms in total. The fourth-order valence-corrected chi connectivity index (χ4v) is 4.28. The molecule has 1 fully saturated rings. The molecule has 0 bridgehead atoms. The third-order valence-electron chi connectivity index (χ3n) is 6.09. The number of imidazole rings is 1. The number of benzene rings is 2. The Balaban J connectivity index is 1.32. The minimum Gasteiger partial charge on any atom is -0.379 e. The first-order valence-corrected chi connectivity index (χ1v) is 11.7. The molecule has 37 heavy (non-hydrogen) atoms. The van der Waals surface area contributed by atoms with Crippen LogP contribution < -0.4 is 5.32 Å². The smallest absolute Gasteiger partial charge is 0.379 e. The number of morpholine rings is 1. The second kappa shape index (κ2) is 10.3. The lowest BCUT2D eigenvalue weighted by molar-refractivity contribution is -0.137. The number of fused-ring (bicyclic) bond motifs is 1.